The number of nitrogens with two attached hydrogens (primary N) is 2. The summed E-state index contributed by atoms with van der Waals surface area (Å²) in [5, 5.41) is 7.04. The van der Waals surface area contributed by atoms with Gasteiger partial charge in [0, 0.05) is 5.56 Å². The molecule has 15 heavy (non-hydrogen) atoms. The van der Waals surface area contributed by atoms with Gasteiger partial charge in [-0.2, -0.15) is 5.10 Å². The Morgan fingerprint density at radius 2 is 1.93 bits per heavy atom. The van der Waals surface area contributed by atoms with E-state index in [1.165, 1.54) is 12.3 Å². The number of hydrogen-bond acceptors (Lipinski definition) is 2. The van der Waals surface area contributed by atoms with Gasteiger partial charge < -0.3 is 11.5 Å². The highest BCUT2D eigenvalue weighted by molar-refractivity contribution is 6.36. The zero-order chi connectivity index (χ0) is 11.4. The van der Waals surface area contributed by atoms with Crippen molar-refractivity contribution in [1.82, 2.24) is 0 Å². The van der Waals surface area contributed by atoms with Crippen LogP contribution in [0, 0.1) is 5.82 Å². The Morgan fingerprint density at radius 1 is 1.27 bits per heavy atom. The standard InChI is InChI=1S/C8H7Cl2FN4/c9-5-2-6(10)7(11)1-4(5)3-14-15-8(12)13/h1-3H,(H4,12,13,15)/b14-3+. The predicted molar refractivity (Wildman–Crippen MR) is 59.8 cm³/mol. The Kier molecular flexibility index (Phi) is 3.88. The molecule has 80 valence electrons. The van der Waals surface area contributed by atoms with Gasteiger partial charge in [-0.3, -0.25) is 0 Å². The van der Waals surface area contributed by atoms with E-state index in [0.29, 0.717) is 5.56 Å². The molecule has 0 amide bonds. The molecule has 0 aliphatic rings. The minimum Gasteiger partial charge on any atom is -0.369 e. The first-order valence-electron chi connectivity index (χ1n) is 3.77. The van der Waals surface area contributed by atoms with Crippen LogP contribution in [0.5, 0.6) is 0 Å². The van der Waals surface area contributed by atoms with Crippen molar-refractivity contribution in [3.05, 3.63) is 33.6 Å². The highest BCUT2D eigenvalue weighted by atomic mass is 35.5. The molecule has 4 nitrogen and oxygen atoms in total. The van der Waals surface area contributed by atoms with Crippen molar-refractivity contribution < 1.29 is 4.39 Å². The number of halogens is 3. The average Bonchev–Trinajstić information content (AvgIpc) is 2.13. The van der Waals surface area contributed by atoms with Crippen LogP contribution < -0.4 is 11.5 Å². The van der Waals surface area contributed by atoms with E-state index in [-0.39, 0.29) is 16.0 Å². The molecule has 0 bridgehead atoms. The van der Waals surface area contributed by atoms with E-state index < -0.39 is 5.82 Å². The molecule has 0 aliphatic heterocycles. The van der Waals surface area contributed by atoms with Crippen molar-refractivity contribution in [3.63, 3.8) is 0 Å². The Labute approximate surface area is 95.4 Å². The first-order chi connectivity index (χ1) is 7.00. The van der Waals surface area contributed by atoms with Crippen LogP contribution in [0.4, 0.5) is 4.39 Å². The lowest BCUT2D eigenvalue weighted by molar-refractivity contribution is 0.628. The van der Waals surface area contributed by atoms with E-state index in [4.69, 9.17) is 34.7 Å². The topological polar surface area (TPSA) is 76.8 Å². The van der Waals surface area contributed by atoms with Crippen LogP contribution >= 0.6 is 23.2 Å². The molecular weight excluding hydrogens is 242 g/mol. The summed E-state index contributed by atoms with van der Waals surface area (Å²) in [6.45, 7) is 0. The van der Waals surface area contributed by atoms with E-state index in [1.54, 1.807) is 0 Å². The zero-order valence-electron chi connectivity index (χ0n) is 7.42. The molecule has 1 aromatic rings. The van der Waals surface area contributed by atoms with Gasteiger partial charge in [-0.15, -0.1) is 5.10 Å². The third-order valence-corrected chi connectivity index (χ3v) is 2.03. The third-order valence-electron chi connectivity index (χ3n) is 1.41. The van der Waals surface area contributed by atoms with Gasteiger partial charge in [-0.25, -0.2) is 4.39 Å². The van der Waals surface area contributed by atoms with Crippen LogP contribution in [0.25, 0.3) is 0 Å². The molecule has 0 fully saturated rings. The second-order valence-corrected chi connectivity index (χ2v) is 3.37. The maximum Gasteiger partial charge on any atom is 0.211 e. The summed E-state index contributed by atoms with van der Waals surface area (Å²) in [6.07, 6.45) is 1.22. The zero-order valence-corrected chi connectivity index (χ0v) is 8.93. The summed E-state index contributed by atoms with van der Waals surface area (Å²) in [5.74, 6) is -0.788. The molecule has 7 heteroatoms. The fraction of sp³-hybridized carbons (Fsp3) is 0. The summed E-state index contributed by atoms with van der Waals surface area (Å²) >= 11 is 11.3. The fourth-order valence-corrected chi connectivity index (χ4v) is 1.23. The number of hydrogen-bond donors (Lipinski definition) is 2. The monoisotopic (exact) mass is 248 g/mol. The van der Waals surface area contributed by atoms with Gasteiger partial charge in [0.15, 0.2) is 0 Å². The summed E-state index contributed by atoms with van der Waals surface area (Å²) < 4.78 is 13.0. The van der Waals surface area contributed by atoms with Gasteiger partial charge in [-0.1, -0.05) is 23.2 Å². The van der Waals surface area contributed by atoms with Crippen molar-refractivity contribution in [2.45, 2.75) is 0 Å². The second kappa shape index (κ2) is 4.95. The first kappa shape index (κ1) is 11.7. The molecule has 0 aliphatic carbocycles. The molecule has 4 N–H and O–H groups in total. The van der Waals surface area contributed by atoms with Crippen molar-refractivity contribution in [2.24, 2.45) is 21.7 Å². The molecule has 0 saturated heterocycles. The minimum atomic E-state index is -0.591. The summed E-state index contributed by atoms with van der Waals surface area (Å²) in [7, 11) is 0. The van der Waals surface area contributed by atoms with Gasteiger partial charge >= 0.3 is 0 Å². The largest absolute Gasteiger partial charge is 0.369 e. The van der Waals surface area contributed by atoms with Crippen molar-refractivity contribution in [3.8, 4) is 0 Å². The van der Waals surface area contributed by atoms with Crippen LogP contribution in [-0.2, 0) is 0 Å². The molecule has 0 radical (unpaired) electrons. The molecular formula is C8H7Cl2FN4. The molecule has 1 rings (SSSR count). The van der Waals surface area contributed by atoms with Crippen LogP contribution in [-0.4, -0.2) is 12.2 Å². The molecule has 0 atom stereocenters. The van der Waals surface area contributed by atoms with Crippen molar-refractivity contribution >= 4 is 35.4 Å². The number of nitrogens with zero attached hydrogens (tertiary/aromatic N) is 2. The van der Waals surface area contributed by atoms with E-state index >= 15 is 0 Å². The maximum atomic E-state index is 13.0. The minimum absolute atomic E-state index is 0.0565. The number of rotatable bonds is 2. The van der Waals surface area contributed by atoms with Crippen LogP contribution in [0.2, 0.25) is 10.0 Å². The molecule has 0 aromatic heterocycles. The van der Waals surface area contributed by atoms with E-state index in [9.17, 15) is 4.39 Å². The van der Waals surface area contributed by atoms with Crippen LogP contribution in [0.1, 0.15) is 5.56 Å². The Morgan fingerprint density at radius 3 is 2.53 bits per heavy atom. The summed E-state index contributed by atoms with van der Waals surface area (Å²) in [5.41, 5.74) is 10.4. The van der Waals surface area contributed by atoms with E-state index in [0.717, 1.165) is 6.07 Å². The van der Waals surface area contributed by atoms with E-state index in [2.05, 4.69) is 10.2 Å². The Bertz CT molecular complexity index is 427. The van der Waals surface area contributed by atoms with Gasteiger partial charge in [0.1, 0.15) is 5.82 Å². The lowest BCUT2D eigenvalue weighted by Crippen LogP contribution is -2.21. The predicted octanol–water partition coefficient (Wildman–Crippen LogP) is 1.74. The van der Waals surface area contributed by atoms with Gasteiger partial charge in [0.25, 0.3) is 0 Å². The smallest absolute Gasteiger partial charge is 0.211 e. The van der Waals surface area contributed by atoms with Crippen LogP contribution in [0.15, 0.2) is 22.3 Å². The quantitative estimate of drug-likeness (QED) is 0.362. The summed E-state index contributed by atoms with van der Waals surface area (Å²) in [4.78, 5) is 0. The highest BCUT2D eigenvalue weighted by Gasteiger charge is 2.04. The van der Waals surface area contributed by atoms with Crippen molar-refractivity contribution in [2.75, 3.05) is 0 Å². The number of guanidine groups is 1. The fourth-order valence-electron chi connectivity index (χ4n) is 0.795. The van der Waals surface area contributed by atoms with Gasteiger partial charge in [0.05, 0.1) is 16.3 Å². The molecule has 0 unspecified atom stereocenters. The van der Waals surface area contributed by atoms with E-state index in [1.807, 2.05) is 0 Å². The normalized spacial score (nSPS) is 10.6. The molecule has 0 spiro atoms. The molecule has 0 saturated carbocycles. The number of benzene rings is 1. The lowest BCUT2D eigenvalue weighted by Gasteiger charge is -1.99. The average molecular weight is 249 g/mol. The first-order valence-corrected chi connectivity index (χ1v) is 4.53. The third kappa shape index (κ3) is 3.38. The van der Waals surface area contributed by atoms with Gasteiger partial charge in [0.2, 0.25) is 5.96 Å². The van der Waals surface area contributed by atoms with Gasteiger partial charge in [-0.05, 0) is 12.1 Å². The Hall–Kier alpha value is -1.33. The molecule has 0 heterocycles. The highest BCUT2D eigenvalue weighted by Crippen LogP contribution is 2.23. The summed E-state index contributed by atoms with van der Waals surface area (Å²) in [6, 6.07) is 2.41. The van der Waals surface area contributed by atoms with Crippen LogP contribution in [0.3, 0.4) is 0 Å². The van der Waals surface area contributed by atoms with Crippen molar-refractivity contribution in [1.29, 1.82) is 0 Å². The Balaban J connectivity index is 3.01. The lowest BCUT2D eigenvalue weighted by atomic mass is 10.2. The SMILES string of the molecule is NC(N)=N/N=C/c1cc(F)c(Cl)cc1Cl. The molecule has 1 aromatic carbocycles. The second-order valence-electron chi connectivity index (χ2n) is 2.56. The maximum absolute atomic E-state index is 13.0.